The number of aliphatic hydroxyl groups excluding tert-OH is 1. The first-order valence-corrected chi connectivity index (χ1v) is 5.61. The standard InChI is InChI=1S/C11H15N3O3.Li/c15-7-8-3-5-14(6-4-8)10-2-1-9(11(16)17)12-13-10;/h1-2,8,15H,3-7H2,(H,16,17);/q;+1/p-1. The Bertz CT molecular complexity index is 391. The van der Waals surface area contributed by atoms with E-state index in [2.05, 4.69) is 10.2 Å². The Kier molecular flexibility index (Phi) is 5.60. The Morgan fingerprint density at radius 2 is 2.06 bits per heavy atom. The number of hydrogen-bond acceptors (Lipinski definition) is 6. The van der Waals surface area contributed by atoms with Gasteiger partial charge in [-0.2, -0.15) is 0 Å². The minimum Gasteiger partial charge on any atom is -0.543 e. The van der Waals surface area contributed by atoms with Gasteiger partial charge in [-0.1, -0.05) is 0 Å². The number of hydrogen-bond donors (Lipinski definition) is 1. The second-order valence-electron chi connectivity index (χ2n) is 4.18. The number of aliphatic hydroxyl groups is 1. The van der Waals surface area contributed by atoms with Crippen molar-refractivity contribution in [1.29, 1.82) is 0 Å². The Balaban J connectivity index is 0.00000162. The summed E-state index contributed by atoms with van der Waals surface area (Å²) in [5.74, 6) is -0.281. The van der Waals surface area contributed by atoms with Gasteiger partial charge in [0.25, 0.3) is 0 Å². The average molecular weight is 243 g/mol. The Morgan fingerprint density at radius 1 is 1.39 bits per heavy atom. The van der Waals surface area contributed by atoms with Crippen molar-refractivity contribution >= 4 is 11.8 Å². The molecule has 0 amide bonds. The average Bonchev–Trinajstić information content (AvgIpc) is 2.39. The molecule has 2 heterocycles. The van der Waals surface area contributed by atoms with E-state index in [1.54, 1.807) is 6.07 Å². The molecule has 0 bridgehead atoms. The molecular weight excluding hydrogens is 229 g/mol. The van der Waals surface area contributed by atoms with Crippen LogP contribution < -0.4 is 28.9 Å². The van der Waals surface area contributed by atoms with Gasteiger partial charge in [0, 0.05) is 19.7 Å². The summed E-state index contributed by atoms with van der Waals surface area (Å²) < 4.78 is 0. The fraction of sp³-hybridized carbons (Fsp3) is 0.545. The van der Waals surface area contributed by atoms with Crippen molar-refractivity contribution in [2.75, 3.05) is 24.6 Å². The molecule has 1 aliphatic heterocycles. The van der Waals surface area contributed by atoms with Gasteiger partial charge in [-0.3, -0.25) is 0 Å². The van der Waals surface area contributed by atoms with Gasteiger partial charge >= 0.3 is 18.9 Å². The third-order valence-electron chi connectivity index (χ3n) is 3.06. The van der Waals surface area contributed by atoms with Crippen LogP contribution in [0.5, 0.6) is 0 Å². The molecule has 0 spiro atoms. The van der Waals surface area contributed by atoms with Gasteiger partial charge < -0.3 is 19.9 Å². The number of carboxylic acid groups (broad SMARTS) is 1. The second kappa shape index (κ2) is 6.74. The molecule has 1 saturated heterocycles. The summed E-state index contributed by atoms with van der Waals surface area (Å²) in [6.07, 6.45) is 1.83. The summed E-state index contributed by atoms with van der Waals surface area (Å²) >= 11 is 0. The summed E-state index contributed by atoms with van der Waals surface area (Å²) in [5.41, 5.74) is -0.154. The van der Waals surface area contributed by atoms with Crippen LogP contribution in [-0.2, 0) is 0 Å². The van der Waals surface area contributed by atoms with Crippen molar-refractivity contribution in [3.8, 4) is 0 Å². The third kappa shape index (κ3) is 3.45. The van der Waals surface area contributed by atoms with Crippen LogP contribution in [0.4, 0.5) is 5.82 Å². The van der Waals surface area contributed by atoms with E-state index in [0.717, 1.165) is 25.9 Å². The predicted octanol–water partition coefficient (Wildman–Crippen LogP) is -3.95. The fourth-order valence-corrected chi connectivity index (χ4v) is 1.95. The topological polar surface area (TPSA) is 89.4 Å². The molecule has 7 heteroatoms. The van der Waals surface area contributed by atoms with Crippen LogP contribution in [0.2, 0.25) is 0 Å². The van der Waals surface area contributed by atoms with Gasteiger partial charge in [0.05, 0.1) is 5.97 Å². The maximum atomic E-state index is 10.5. The molecule has 0 aromatic carbocycles. The van der Waals surface area contributed by atoms with Crippen LogP contribution in [0.25, 0.3) is 0 Å². The predicted molar refractivity (Wildman–Crippen MR) is 58.4 cm³/mol. The molecule has 1 aromatic rings. The van der Waals surface area contributed by atoms with E-state index in [1.807, 2.05) is 4.90 Å². The smallest absolute Gasteiger partial charge is 0.543 e. The van der Waals surface area contributed by atoms with E-state index >= 15 is 0 Å². The number of aromatic nitrogens is 2. The van der Waals surface area contributed by atoms with Gasteiger partial charge in [-0.15, -0.1) is 10.2 Å². The van der Waals surface area contributed by atoms with Crippen molar-refractivity contribution in [3.63, 3.8) is 0 Å². The number of nitrogens with zero attached hydrogens (tertiary/aromatic N) is 3. The third-order valence-corrected chi connectivity index (χ3v) is 3.06. The number of anilines is 1. The first kappa shape index (κ1) is 15.0. The maximum absolute atomic E-state index is 10.5. The van der Waals surface area contributed by atoms with Gasteiger partial charge in [0.1, 0.15) is 5.69 Å². The summed E-state index contributed by atoms with van der Waals surface area (Å²) in [4.78, 5) is 12.6. The molecule has 92 valence electrons. The summed E-state index contributed by atoms with van der Waals surface area (Å²) in [7, 11) is 0. The molecule has 1 aliphatic rings. The van der Waals surface area contributed by atoms with E-state index in [-0.39, 0.29) is 31.2 Å². The Hall–Kier alpha value is -1.09. The van der Waals surface area contributed by atoms with Crippen molar-refractivity contribution < 1.29 is 33.9 Å². The Morgan fingerprint density at radius 3 is 2.50 bits per heavy atom. The molecule has 6 nitrogen and oxygen atoms in total. The number of aromatic carboxylic acids is 1. The number of rotatable bonds is 3. The van der Waals surface area contributed by atoms with E-state index < -0.39 is 5.97 Å². The van der Waals surface area contributed by atoms with Crippen molar-refractivity contribution in [1.82, 2.24) is 10.2 Å². The molecule has 1 aromatic heterocycles. The van der Waals surface area contributed by atoms with Crippen LogP contribution >= 0.6 is 0 Å². The molecule has 2 rings (SSSR count). The molecule has 0 radical (unpaired) electrons. The van der Waals surface area contributed by atoms with Crippen molar-refractivity contribution in [2.45, 2.75) is 12.8 Å². The van der Waals surface area contributed by atoms with Gasteiger partial charge in [-0.25, -0.2) is 0 Å². The molecule has 0 atom stereocenters. The number of carbonyl (C=O) groups excluding carboxylic acids is 1. The monoisotopic (exact) mass is 243 g/mol. The van der Waals surface area contributed by atoms with E-state index in [4.69, 9.17) is 5.11 Å². The Labute approximate surface area is 117 Å². The minimum atomic E-state index is -1.32. The van der Waals surface area contributed by atoms with Crippen LogP contribution in [0.3, 0.4) is 0 Å². The second-order valence-corrected chi connectivity index (χ2v) is 4.18. The van der Waals surface area contributed by atoms with E-state index in [1.165, 1.54) is 6.07 Å². The van der Waals surface area contributed by atoms with Crippen LogP contribution in [0, 0.1) is 5.92 Å². The molecule has 1 N–H and O–H groups in total. The molecule has 0 unspecified atom stereocenters. The normalized spacial score (nSPS) is 16.2. The van der Waals surface area contributed by atoms with E-state index in [0.29, 0.717) is 11.7 Å². The van der Waals surface area contributed by atoms with Crippen molar-refractivity contribution in [2.24, 2.45) is 5.92 Å². The summed E-state index contributed by atoms with van der Waals surface area (Å²) in [6, 6.07) is 3.03. The molecule has 1 fully saturated rings. The SMILES string of the molecule is O=C([O-])c1ccc(N2CCC(CO)CC2)nn1.[Li+]. The number of carboxylic acids is 1. The first-order valence-electron chi connectivity index (χ1n) is 5.61. The summed E-state index contributed by atoms with van der Waals surface area (Å²) in [6.45, 7) is 1.85. The number of carbonyl (C=O) groups is 1. The first-order chi connectivity index (χ1) is 8.20. The molecular formula is C11H14LiN3O3. The largest absolute Gasteiger partial charge is 1.00 e. The van der Waals surface area contributed by atoms with E-state index in [9.17, 15) is 9.90 Å². The maximum Gasteiger partial charge on any atom is 1.00 e. The van der Waals surface area contributed by atoms with Crippen LogP contribution in [0.1, 0.15) is 23.3 Å². The zero-order valence-electron chi connectivity index (χ0n) is 10.4. The van der Waals surface area contributed by atoms with Gasteiger partial charge in [-0.05, 0) is 30.9 Å². The van der Waals surface area contributed by atoms with Gasteiger partial charge in [0.15, 0.2) is 5.82 Å². The molecule has 0 aliphatic carbocycles. The fourth-order valence-electron chi connectivity index (χ4n) is 1.95. The zero-order valence-corrected chi connectivity index (χ0v) is 10.4. The minimum absolute atomic E-state index is 0. The molecule has 18 heavy (non-hydrogen) atoms. The zero-order chi connectivity index (χ0) is 12.3. The molecule has 0 saturated carbocycles. The summed E-state index contributed by atoms with van der Waals surface area (Å²) in [5, 5.41) is 27.0. The quantitative estimate of drug-likeness (QED) is 0.545. The van der Waals surface area contributed by atoms with Gasteiger partial charge in [0.2, 0.25) is 0 Å². The van der Waals surface area contributed by atoms with Crippen molar-refractivity contribution in [3.05, 3.63) is 17.8 Å². The number of piperidine rings is 1. The van der Waals surface area contributed by atoms with Crippen LogP contribution in [-0.4, -0.2) is 41.0 Å². The van der Waals surface area contributed by atoms with Crippen LogP contribution in [0.15, 0.2) is 12.1 Å².